The average molecular weight is 199 g/mol. The second-order valence-electron chi connectivity index (χ2n) is 3.46. The molecular formula is C12H25NO. The fourth-order valence-corrected chi connectivity index (χ4v) is 1.52. The highest BCUT2D eigenvalue weighted by atomic mass is 16.5. The number of rotatable bonds is 10. The predicted octanol–water partition coefficient (Wildman–Crippen LogP) is 2.75. The first kappa shape index (κ1) is 13.7. The monoisotopic (exact) mass is 199 g/mol. The second-order valence-corrected chi connectivity index (χ2v) is 3.46. The van der Waals surface area contributed by atoms with Crippen LogP contribution in [0.4, 0.5) is 0 Å². The third kappa shape index (κ3) is 8.27. The molecule has 0 saturated heterocycles. The number of hydrogen-bond acceptors (Lipinski definition) is 2. The van der Waals surface area contributed by atoms with Crippen LogP contribution in [0.25, 0.3) is 0 Å². The highest BCUT2D eigenvalue weighted by Crippen LogP contribution is 2.05. The van der Waals surface area contributed by atoms with E-state index in [0.717, 1.165) is 32.6 Å². The summed E-state index contributed by atoms with van der Waals surface area (Å²) in [5.74, 6) is 0. The van der Waals surface area contributed by atoms with Crippen LogP contribution in [0, 0.1) is 0 Å². The van der Waals surface area contributed by atoms with E-state index in [1.807, 2.05) is 13.0 Å². The van der Waals surface area contributed by atoms with Crippen LogP contribution in [-0.4, -0.2) is 25.8 Å². The number of allylic oxidation sites excluding steroid dienone is 1. The molecule has 0 aromatic carbocycles. The van der Waals surface area contributed by atoms with E-state index in [2.05, 4.69) is 18.8 Å². The van der Waals surface area contributed by atoms with Gasteiger partial charge in [0.1, 0.15) is 0 Å². The smallest absolute Gasteiger partial charge is 0.0480 e. The van der Waals surface area contributed by atoms with Crippen molar-refractivity contribution in [2.45, 2.75) is 45.6 Å². The Bertz CT molecular complexity index is 125. The van der Waals surface area contributed by atoms with Crippen molar-refractivity contribution in [1.82, 2.24) is 5.32 Å². The molecular weight excluding hydrogens is 174 g/mol. The van der Waals surface area contributed by atoms with Gasteiger partial charge in [-0.1, -0.05) is 13.0 Å². The molecule has 0 saturated carbocycles. The Labute approximate surface area is 88.7 Å². The average Bonchev–Trinajstić information content (AvgIpc) is 2.18. The van der Waals surface area contributed by atoms with Gasteiger partial charge in [0.05, 0.1) is 0 Å². The molecule has 0 aromatic heterocycles. The lowest BCUT2D eigenvalue weighted by molar-refractivity contribution is 0.135. The van der Waals surface area contributed by atoms with Crippen LogP contribution in [0.3, 0.4) is 0 Å². The number of hydrogen-bond donors (Lipinski definition) is 1. The summed E-state index contributed by atoms with van der Waals surface area (Å²) in [6.45, 7) is 10.7. The minimum atomic E-state index is 0.617. The molecule has 0 bridgehead atoms. The largest absolute Gasteiger partial charge is 0.382 e. The molecule has 0 spiro atoms. The van der Waals surface area contributed by atoms with E-state index in [1.165, 1.54) is 12.8 Å². The van der Waals surface area contributed by atoms with E-state index in [4.69, 9.17) is 4.74 Å². The first-order valence-electron chi connectivity index (χ1n) is 5.77. The molecule has 2 heteroatoms. The van der Waals surface area contributed by atoms with E-state index >= 15 is 0 Å². The zero-order valence-corrected chi connectivity index (χ0v) is 9.72. The van der Waals surface area contributed by atoms with E-state index in [1.54, 1.807) is 0 Å². The number of nitrogens with one attached hydrogen (secondary N) is 1. The summed E-state index contributed by atoms with van der Waals surface area (Å²) in [6, 6.07) is 0.617. The fraction of sp³-hybridized carbons (Fsp3) is 0.833. The van der Waals surface area contributed by atoms with Gasteiger partial charge in [-0.25, -0.2) is 0 Å². The van der Waals surface area contributed by atoms with Crippen LogP contribution < -0.4 is 5.32 Å². The van der Waals surface area contributed by atoms with Gasteiger partial charge in [-0.05, 0) is 39.2 Å². The van der Waals surface area contributed by atoms with E-state index in [-0.39, 0.29) is 0 Å². The Morgan fingerprint density at radius 1 is 1.36 bits per heavy atom. The van der Waals surface area contributed by atoms with Gasteiger partial charge in [0.25, 0.3) is 0 Å². The molecule has 14 heavy (non-hydrogen) atoms. The third-order valence-electron chi connectivity index (χ3n) is 2.27. The van der Waals surface area contributed by atoms with Gasteiger partial charge < -0.3 is 10.1 Å². The van der Waals surface area contributed by atoms with Crippen molar-refractivity contribution in [3.05, 3.63) is 12.7 Å². The van der Waals surface area contributed by atoms with E-state index in [0.29, 0.717) is 6.04 Å². The van der Waals surface area contributed by atoms with Crippen LogP contribution in [0.2, 0.25) is 0 Å². The molecule has 0 aromatic rings. The molecule has 1 atom stereocenters. The van der Waals surface area contributed by atoms with Gasteiger partial charge in [0, 0.05) is 19.3 Å². The van der Waals surface area contributed by atoms with Crippen molar-refractivity contribution >= 4 is 0 Å². The SMILES string of the molecule is C=CCCCC(CCOCC)NCC. The topological polar surface area (TPSA) is 21.3 Å². The summed E-state index contributed by atoms with van der Waals surface area (Å²) in [6.07, 6.45) is 6.70. The van der Waals surface area contributed by atoms with Crippen molar-refractivity contribution in [2.24, 2.45) is 0 Å². The summed E-state index contributed by atoms with van der Waals surface area (Å²) in [4.78, 5) is 0. The highest BCUT2D eigenvalue weighted by Gasteiger charge is 2.05. The van der Waals surface area contributed by atoms with Crippen molar-refractivity contribution in [1.29, 1.82) is 0 Å². The Kier molecular flexibility index (Phi) is 10.5. The van der Waals surface area contributed by atoms with Crippen LogP contribution in [0.15, 0.2) is 12.7 Å². The Balaban J connectivity index is 3.48. The Morgan fingerprint density at radius 2 is 2.14 bits per heavy atom. The maximum Gasteiger partial charge on any atom is 0.0480 e. The lowest BCUT2D eigenvalue weighted by atomic mass is 10.1. The molecule has 0 radical (unpaired) electrons. The van der Waals surface area contributed by atoms with Crippen LogP contribution in [0.1, 0.15) is 39.5 Å². The maximum absolute atomic E-state index is 5.36. The first-order chi connectivity index (χ1) is 6.85. The standard InChI is InChI=1S/C12H25NO/c1-4-7-8-9-12(13-5-2)10-11-14-6-3/h4,12-13H,1,5-11H2,2-3H3. The lowest BCUT2D eigenvalue weighted by Gasteiger charge is -2.17. The van der Waals surface area contributed by atoms with Gasteiger partial charge >= 0.3 is 0 Å². The fourth-order valence-electron chi connectivity index (χ4n) is 1.52. The number of unbranched alkanes of at least 4 members (excludes halogenated alkanes) is 1. The van der Waals surface area contributed by atoms with Crippen molar-refractivity contribution in [3.8, 4) is 0 Å². The highest BCUT2D eigenvalue weighted by molar-refractivity contribution is 4.71. The summed E-state index contributed by atoms with van der Waals surface area (Å²) in [5.41, 5.74) is 0. The summed E-state index contributed by atoms with van der Waals surface area (Å²) >= 11 is 0. The van der Waals surface area contributed by atoms with Gasteiger partial charge in [0.2, 0.25) is 0 Å². The van der Waals surface area contributed by atoms with Crippen molar-refractivity contribution < 1.29 is 4.74 Å². The van der Waals surface area contributed by atoms with Crippen LogP contribution >= 0.6 is 0 Å². The zero-order valence-electron chi connectivity index (χ0n) is 9.72. The summed E-state index contributed by atoms with van der Waals surface area (Å²) in [5, 5.41) is 3.49. The molecule has 0 heterocycles. The van der Waals surface area contributed by atoms with Crippen LogP contribution in [-0.2, 0) is 4.74 Å². The minimum absolute atomic E-state index is 0.617. The zero-order chi connectivity index (χ0) is 10.6. The molecule has 0 aliphatic carbocycles. The Hall–Kier alpha value is -0.340. The summed E-state index contributed by atoms with van der Waals surface area (Å²) in [7, 11) is 0. The molecule has 2 nitrogen and oxygen atoms in total. The number of ether oxygens (including phenoxy) is 1. The maximum atomic E-state index is 5.36. The second kappa shape index (κ2) is 10.7. The van der Waals surface area contributed by atoms with E-state index in [9.17, 15) is 0 Å². The summed E-state index contributed by atoms with van der Waals surface area (Å²) < 4.78 is 5.36. The van der Waals surface area contributed by atoms with E-state index < -0.39 is 0 Å². The predicted molar refractivity (Wildman–Crippen MR) is 62.6 cm³/mol. The molecule has 84 valence electrons. The molecule has 1 N–H and O–H groups in total. The quantitative estimate of drug-likeness (QED) is 0.431. The van der Waals surface area contributed by atoms with Gasteiger partial charge in [-0.15, -0.1) is 6.58 Å². The molecule has 1 unspecified atom stereocenters. The van der Waals surface area contributed by atoms with Gasteiger partial charge in [-0.3, -0.25) is 0 Å². The minimum Gasteiger partial charge on any atom is -0.382 e. The third-order valence-corrected chi connectivity index (χ3v) is 2.27. The lowest BCUT2D eigenvalue weighted by Crippen LogP contribution is -2.30. The molecule has 0 amide bonds. The van der Waals surface area contributed by atoms with Crippen molar-refractivity contribution in [2.75, 3.05) is 19.8 Å². The first-order valence-corrected chi connectivity index (χ1v) is 5.77. The molecule has 0 rings (SSSR count). The van der Waals surface area contributed by atoms with Crippen molar-refractivity contribution in [3.63, 3.8) is 0 Å². The molecule has 0 fully saturated rings. The van der Waals surface area contributed by atoms with Crippen LogP contribution in [0.5, 0.6) is 0 Å². The van der Waals surface area contributed by atoms with Gasteiger partial charge in [0.15, 0.2) is 0 Å². The normalized spacial score (nSPS) is 12.7. The molecule has 0 aliphatic rings. The molecule has 0 aliphatic heterocycles. The Morgan fingerprint density at radius 3 is 2.71 bits per heavy atom. The van der Waals surface area contributed by atoms with Gasteiger partial charge in [-0.2, -0.15) is 0 Å².